The van der Waals surface area contributed by atoms with Crippen LogP contribution in [-0.4, -0.2) is 36.1 Å². The van der Waals surface area contributed by atoms with E-state index in [1.54, 1.807) is 7.11 Å². The molecule has 1 aliphatic carbocycles. The molecule has 1 aromatic carbocycles. The Morgan fingerprint density at radius 2 is 2.04 bits per heavy atom. The largest absolute Gasteiger partial charge is 0.481 e. The highest BCUT2D eigenvalue weighted by Gasteiger charge is 2.28. The van der Waals surface area contributed by atoms with Gasteiger partial charge in [-0.25, -0.2) is 4.98 Å². The molecule has 0 saturated carbocycles. The Labute approximate surface area is 160 Å². The summed E-state index contributed by atoms with van der Waals surface area (Å²) >= 11 is 0. The number of piperidine rings is 1. The molecule has 1 fully saturated rings. The van der Waals surface area contributed by atoms with Gasteiger partial charge in [0, 0.05) is 30.5 Å². The first-order valence-electron chi connectivity index (χ1n) is 9.69. The number of methoxy groups -OCH3 is 1. The molecule has 1 aliphatic heterocycles. The molecule has 2 aliphatic rings. The molecule has 0 spiro atoms. The fourth-order valence-corrected chi connectivity index (χ4v) is 4.04. The lowest BCUT2D eigenvalue weighted by atomic mass is 9.97. The van der Waals surface area contributed by atoms with E-state index in [0.29, 0.717) is 18.4 Å². The molecule has 2 aromatic rings. The standard InChI is InChI=1S/C21H26N4O2/c1-14-11-19(27-2)24-21(22-14)25-10-4-7-17(13-25)20(26)23-18-9-8-15-5-3-6-16(15)12-18/h8-9,11-12,17H,3-7,10,13H2,1-2H3,(H,23,26)/t17-/m0/s1. The maximum Gasteiger partial charge on any atom is 0.229 e. The lowest BCUT2D eigenvalue weighted by Gasteiger charge is -2.32. The Balaban J connectivity index is 1.45. The van der Waals surface area contributed by atoms with Gasteiger partial charge in [0.15, 0.2) is 0 Å². The lowest BCUT2D eigenvalue weighted by molar-refractivity contribution is -0.120. The molecule has 1 amide bonds. The van der Waals surface area contributed by atoms with E-state index in [1.165, 1.54) is 17.5 Å². The first kappa shape index (κ1) is 17.8. The van der Waals surface area contributed by atoms with Gasteiger partial charge in [-0.1, -0.05) is 6.07 Å². The summed E-state index contributed by atoms with van der Waals surface area (Å²) in [5.41, 5.74) is 4.56. The number of carbonyl (C=O) groups excluding carboxylic acids is 1. The summed E-state index contributed by atoms with van der Waals surface area (Å²) in [7, 11) is 1.61. The molecule has 142 valence electrons. The first-order valence-corrected chi connectivity index (χ1v) is 9.69. The van der Waals surface area contributed by atoms with Crippen molar-refractivity contribution >= 4 is 17.5 Å². The predicted molar refractivity (Wildman–Crippen MR) is 105 cm³/mol. The number of hydrogen-bond donors (Lipinski definition) is 1. The number of amides is 1. The van der Waals surface area contributed by atoms with Crippen LogP contribution < -0.4 is 15.0 Å². The van der Waals surface area contributed by atoms with Gasteiger partial charge in [-0.2, -0.15) is 4.98 Å². The van der Waals surface area contributed by atoms with Crippen molar-refractivity contribution < 1.29 is 9.53 Å². The summed E-state index contributed by atoms with van der Waals surface area (Å²) in [6, 6.07) is 8.12. The monoisotopic (exact) mass is 366 g/mol. The number of nitrogens with one attached hydrogen (secondary N) is 1. The second kappa shape index (κ2) is 7.55. The summed E-state index contributed by atoms with van der Waals surface area (Å²) in [5, 5.41) is 3.12. The average Bonchev–Trinajstić information content (AvgIpc) is 3.15. The van der Waals surface area contributed by atoms with Crippen molar-refractivity contribution in [2.75, 3.05) is 30.4 Å². The molecule has 0 unspecified atom stereocenters. The number of rotatable bonds is 4. The topological polar surface area (TPSA) is 67.3 Å². The molecule has 0 radical (unpaired) electrons. The molecular formula is C21H26N4O2. The third-order valence-corrected chi connectivity index (χ3v) is 5.47. The Hall–Kier alpha value is -2.63. The van der Waals surface area contributed by atoms with Gasteiger partial charge < -0.3 is 15.0 Å². The number of benzene rings is 1. The molecule has 6 heteroatoms. The van der Waals surface area contributed by atoms with Crippen LogP contribution in [0.1, 0.15) is 36.1 Å². The van der Waals surface area contributed by atoms with E-state index >= 15 is 0 Å². The second-order valence-electron chi connectivity index (χ2n) is 7.46. The van der Waals surface area contributed by atoms with Crippen LogP contribution in [-0.2, 0) is 17.6 Å². The second-order valence-corrected chi connectivity index (χ2v) is 7.46. The molecule has 6 nitrogen and oxygen atoms in total. The van der Waals surface area contributed by atoms with Gasteiger partial charge in [0.1, 0.15) is 0 Å². The third kappa shape index (κ3) is 3.89. The van der Waals surface area contributed by atoms with Crippen molar-refractivity contribution in [3.8, 4) is 5.88 Å². The van der Waals surface area contributed by atoms with Crippen LogP contribution in [0.3, 0.4) is 0 Å². The summed E-state index contributed by atoms with van der Waals surface area (Å²) < 4.78 is 5.26. The number of aromatic nitrogens is 2. The van der Waals surface area contributed by atoms with Crippen molar-refractivity contribution in [1.29, 1.82) is 0 Å². The van der Waals surface area contributed by atoms with E-state index in [9.17, 15) is 4.79 Å². The normalized spacial score (nSPS) is 18.9. The Bertz CT molecular complexity index is 852. The number of fused-ring (bicyclic) bond motifs is 1. The third-order valence-electron chi connectivity index (χ3n) is 5.47. The van der Waals surface area contributed by atoms with E-state index < -0.39 is 0 Å². The molecule has 4 rings (SSSR count). The SMILES string of the molecule is COc1cc(C)nc(N2CCC[C@H](C(=O)Nc3ccc4c(c3)CCC4)C2)n1. The fraction of sp³-hybridized carbons (Fsp3) is 0.476. The smallest absolute Gasteiger partial charge is 0.229 e. The zero-order chi connectivity index (χ0) is 18.8. The van der Waals surface area contributed by atoms with Crippen molar-refractivity contribution in [1.82, 2.24) is 9.97 Å². The fourth-order valence-electron chi connectivity index (χ4n) is 4.04. The Morgan fingerprint density at radius 1 is 1.19 bits per heavy atom. The number of ether oxygens (including phenoxy) is 1. The summed E-state index contributed by atoms with van der Waals surface area (Å²) in [6.45, 7) is 3.41. The van der Waals surface area contributed by atoms with Crippen molar-refractivity contribution in [3.63, 3.8) is 0 Å². The zero-order valence-corrected chi connectivity index (χ0v) is 16.0. The molecule has 1 N–H and O–H groups in total. The number of hydrogen-bond acceptors (Lipinski definition) is 5. The number of nitrogens with zero attached hydrogens (tertiary/aromatic N) is 3. The lowest BCUT2D eigenvalue weighted by Crippen LogP contribution is -2.41. The number of aryl methyl sites for hydroxylation is 3. The van der Waals surface area contributed by atoms with Crippen LogP contribution in [0.2, 0.25) is 0 Å². The van der Waals surface area contributed by atoms with E-state index in [-0.39, 0.29) is 11.8 Å². The summed E-state index contributed by atoms with van der Waals surface area (Å²) in [5.74, 6) is 1.21. The minimum atomic E-state index is -0.0675. The Morgan fingerprint density at radius 3 is 2.89 bits per heavy atom. The molecular weight excluding hydrogens is 340 g/mol. The molecule has 1 aromatic heterocycles. The highest BCUT2D eigenvalue weighted by Crippen LogP contribution is 2.27. The highest BCUT2D eigenvalue weighted by molar-refractivity contribution is 5.93. The zero-order valence-electron chi connectivity index (χ0n) is 16.0. The van der Waals surface area contributed by atoms with E-state index in [2.05, 4.69) is 32.3 Å². The Kier molecular flexibility index (Phi) is 4.97. The van der Waals surface area contributed by atoms with Crippen LogP contribution >= 0.6 is 0 Å². The van der Waals surface area contributed by atoms with Crippen LogP contribution in [0.4, 0.5) is 11.6 Å². The number of anilines is 2. The summed E-state index contributed by atoms with van der Waals surface area (Å²) in [4.78, 5) is 23.9. The van der Waals surface area contributed by atoms with Gasteiger partial charge in [-0.3, -0.25) is 4.79 Å². The van der Waals surface area contributed by atoms with Crippen molar-refractivity contribution in [3.05, 3.63) is 41.1 Å². The van der Waals surface area contributed by atoms with E-state index in [0.717, 1.165) is 43.6 Å². The number of carbonyl (C=O) groups is 1. The summed E-state index contributed by atoms with van der Waals surface area (Å²) in [6.07, 6.45) is 5.31. The molecule has 1 saturated heterocycles. The average molecular weight is 366 g/mol. The van der Waals surface area contributed by atoms with Gasteiger partial charge in [-0.15, -0.1) is 0 Å². The molecule has 2 heterocycles. The highest BCUT2D eigenvalue weighted by atomic mass is 16.5. The maximum absolute atomic E-state index is 12.8. The van der Waals surface area contributed by atoms with Gasteiger partial charge >= 0.3 is 0 Å². The van der Waals surface area contributed by atoms with Gasteiger partial charge in [0.05, 0.1) is 13.0 Å². The van der Waals surface area contributed by atoms with Gasteiger partial charge in [0.2, 0.25) is 17.7 Å². The van der Waals surface area contributed by atoms with Crippen LogP contribution in [0, 0.1) is 12.8 Å². The van der Waals surface area contributed by atoms with Crippen molar-refractivity contribution in [2.45, 2.75) is 39.0 Å². The first-order chi connectivity index (χ1) is 13.1. The molecule has 0 bridgehead atoms. The van der Waals surface area contributed by atoms with Crippen molar-refractivity contribution in [2.24, 2.45) is 5.92 Å². The minimum Gasteiger partial charge on any atom is -0.481 e. The van der Waals surface area contributed by atoms with E-state index in [4.69, 9.17) is 4.74 Å². The molecule has 27 heavy (non-hydrogen) atoms. The van der Waals surface area contributed by atoms with Gasteiger partial charge in [0.25, 0.3) is 0 Å². The molecule has 1 atom stereocenters. The quantitative estimate of drug-likeness (QED) is 0.900. The van der Waals surface area contributed by atoms with E-state index in [1.807, 2.05) is 19.1 Å². The van der Waals surface area contributed by atoms with Crippen LogP contribution in [0.5, 0.6) is 5.88 Å². The predicted octanol–water partition coefficient (Wildman–Crippen LogP) is 3.14. The minimum absolute atomic E-state index is 0.0675. The maximum atomic E-state index is 12.8. The van der Waals surface area contributed by atoms with Gasteiger partial charge in [-0.05, 0) is 62.3 Å². The van der Waals surface area contributed by atoms with Crippen LogP contribution in [0.15, 0.2) is 24.3 Å². The van der Waals surface area contributed by atoms with Crippen LogP contribution in [0.25, 0.3) is 0 Å².